The molecular formula is C31H31F3N6O6S. The molecule has 1 aliphatic rings. The first kappa shape index (κ1) is 34.6. The van der Waals surface area contributed by atoms with E-state index >= 15 is 0 Å². The van der Waals surface area contributed by atoms with Gasteiger partial charge in [0, 0.05) is 30.5 Å². The van der Waals surface area contributed by atoms with Crippen LogP contribution in [0, 0.1) is 5.41 Å². The van der Waals surface area contributed by atoms with Crippen molar-refractivity contribution in [2.75, 3.05) is 19.4 Å². The molecule has 0 radical (unpaired) electrons. The fraction of sp³-hybridized carbons (Fsp3) is 0.226. The molecule has 12 nitrogen and oxygen atoms in total. The number of aliphatic carboxylic acids is 1. The number of amidine groups is 1. The molecule has 2 atom stereocenters. The van der Waals surface area contributed by atoms with Gasteiger partial charge < -0.3 is 26.2 Å². The third kappa shape index (κ3) is 8.14. The van der Waals surface area contributed by atoms with Gasteiger partial charge in [-0.15, -0.1) is 0 Å². The van der Waals surface area contributed by atoms with Crippen LogP contribution >= 0.6 is 0 Å². The Labute approximate surface area is 267 Å². The van der Waals surface area contributed by atoms with Crippen molar-refractivity contribution in [2.24, 2.45) is 5.73 Å². The van der Waals surface area contributed by atoms with Crippen molar-refractivity contribution in [1.82, 2.24) is 15.2 Å². The van der Waals surface area contributed by atoms with Crippen LogP contribution in [0.1, 0.15) is 28.6 Å². The number of nitrogens with zero attached hydrogens (tertiary/aromatic N) is 2. The summed E-state index contributed by atoms with van der Waals surface area (Å²) in [7, 11) is -2.46. The summed E-state index contributed by atoms with van der Waals surface area (Å²) in [6.07, 6.45) is -3.16. The lowest BCUT2D eigenvalue weighted by Crippen LogP contribution is -2.42. The van der Waals surface area contributed by atoms with Crippen molar-refractivity contribution >= 4 is 44.0 Å². The van der Waals surface area contributed by atoms with E-state index in [1.807, 2.05) is 12.1 Å². The molecule has 1 unspecified atom stereocenters. The number of anilines is 1. The number of fused-ring (bicyclic) bond motifs is 1. The van der Waals surface area contributed by atoms with E-state index in [9.17, 15) is 26.4 Å². The molecule has 1 amide bonds. The van der Waals surface area contributed by atoms with Gasteiger partial charge in [0.25, 0.3) is 0 Å². The minimum Gasteiger partial charge on any atom is -0.497 e. The quantitative estimate of drug-likeness (QED) is 0.0993. The Morgan fingerprint density at radius 3 is 2.45 bits per heavy atom. The Morgan fingerprint density at radius 2 is 1.83 bits per heavy atom. The number of carbonyl (C=O) groups excluding carboxylic acids is 1. The van der Waals surface area contributed by atoms with Crippen molar-refractivity contribution in [1.29, 1.82) is 5.41 Å². The van der Waals surface area contributed by atoms with Gasteiger partial charge in [0.1, 0.15) is 11.6 Å². The van der Waals surface area contributed by atoms with Gasteiger partial charge in [-0.1, -0.05) is 18.2 Å². The molecule has 1 aromatic heterocycles. The van der Waals surface area contributed by atoms with Gasteiger partial charge in [-0.2, -0.15) is 13.2 Å². The molecular weight excluding hydrogens is 641 g/mol. The number of methoxy groups -OCH3 is 1. The van der Waals surface area contributed by atoms with Crippen LogP contribution in [0.15, 0.2) is 83.9 Å². The maximum atomic E-state index is 14.0. The summed E-state index contributed by atoms with van der Waals surface area (Å²) in [5, 5.41) is 18.2. The summed E-state index contributed by atoms with van der Waals surface area (Å²) in [5.41, 5.74) is 13.7. The number of benzene rings is 3. The van der Waals surface area contributed by atoms with E-state index in [0.717, 1.165) is 5.39 Å². The van der Waals surface area contributed by atoms with Crippen molar-refractivity contribution in [3.63, 3.8) is 0 Å². The Kier molecular flexibility index (Phi) is 10.4. The van der Waals surface area contributed by atoms with E-state index in [0.29, 0.717) is 40.9 Å². The highest BCUT2D eigenvalue weighted by Crippen LogP contribution is 2.31. The number of sulfone groups is 1. The second kappa shape index (κ2) is 14.0. The number of carboxylic acids is 1. The molecule has 47 heavy (non-hydrogen) atoms. The first-order valence-electron chi connectivity index (χ1n) is 13.9. The van der Waals surface area contributed by atoms with E-state index in [2.05, 4.69) is 10.3 Å². The molecule has 4 aromatic rings. The number of carboxylic acid groups (broad SMARTS) is 1. The molecule has 0 bridgehead atoms. The Balaban J connectivity index is 0.000000644. The topological polar surface area (TPSA) is 202 Å². The number of nitrogens with two attached hydrogens (primary N) is 2. The summed E-state index contributed by atoms with van der Waals surface area (Å²) in [5.74, 6) is -2.48. The second-order valence-electron chi connectivity index (χ2n) is 10.5. The molecule has 1 aliphatic heterocycles. The van der Waals surface area contributed by atoms with Crippen LogP contribution in [-0.2, 0) is 26.0 Å². The fourth-order valence-electron chi connectivity index (χ4n) is 4.86. The number of ether oxygens (including phenoxy) is 1. The summed E-state index contributed by atoms with van der Waals surface area (Å²) >= 11 is 0. The van der Waals surface area contributed by atoms with Gasteiger partial charge in [0.05, 0.1) is 23.7 Å². The second-order valence-corrected chi connectivity index (χ2v) is 12.5. The number of halogens is 3. The van der Waals surface area contributed by atoms with Gasteiger partial charge in [0.15, 0.2) is 15.2 Å². The van der Waals surface area contributed by atoms with Gasteiger partial charge in [-0.3, -0.25) is 20.5 Å². The minimum absolute atomic E-state index is 0.0934. The van der Waals surface area contributed by atoms with Crippen molar-refractivity contribution in [3.8, 4) is 5.75 Å². The van der Waals surface area contributed by atoms with Crippen LogP contribution in [0.5, 0.6) is 5.75 Å². The van der Waals surface area contributed by atoms with E-state index in [1.54, 1.807) is 72.7 Å². The Bertz CT molecular complexity index is 1910. The van der Waals surface area contributed by atoms with Crippen LogP contribution in [-0.4, -0.2) is 67.0 Å². The normalized spacial score (nSPS) is 15.5. The van der Waals surface area contributed by atoms with Crippen LogP contribution in [0.4, 0.5) is 18.9 Å². The Hall–Kier alpha value is -5.22. The minimum atomic E-state index is -5.08. The lowest BCUT2D eigenvalue weighted by Gasteiger charge is -2.23. The predicted molar refractivity (Wildman–Crippen MR) is 167 cm³/mol. The van der Waals surface area contributed by atoms with Gasteiger partial charge in [0.2, 0.25) is 5.91 Å². The number of alkyl halides is 3. The summed E-state index contributed by atoms with van der Waals surface area (Å²) in [4.78, 5) is 28.4. The SMILES string of the molecule is COc1ccc2ccc(S(=O)(=O)[C@H](NC3CCN(Cc4cc(C(=N)N)ccc4N)C3=O)c3ccccn3)cc2c1.O=C(O)C(F)(F)F. The number of aromatic nitrogens is 1. The first-order chi connectivity index (χ1) is 22.1. The van der Waals surface area contributed by atoms with E-state index in [4.69, 9.17) is 31.5 Å². The average Bonchev–Trinajstić information content (AvgIpc) is 3.38. The number of nitrogen functional groups attached to an aromatic ring is 2. The van der Waals surface area contributed by atoms with Crippen molar-refractivity contribution in [2.45, 2.75) is 35.5 Å². The van der Waals surface area contributed by atoms with Gasteiger partial charge in [-0.25, -0.2) is 13.2 Å². The highest BCUT2D eigenvalue weighted by atomic mass is 32.2. The zero-order valence-electron chi connectivity index (χ0n) is 24.9. The lowest BCUT2D eigenvalue weighted by atomic mass is 10.1. The van der Waals surface area contributed by atoms with Crippen LogP contribution in [0.2, 0.25) is 0 Å². The summed E-state index contributed by atoms with van der Waals surface area (Å²) < 4.78 is 65.1. The molecule has 248 valence electrons. The molecule has 0 aliphatic carbocycles. The maximum absolute atomic E-state index is 14.0. The lowest BCUT2D eigenvalue weighted by molar-refractivity contribution is -0.192. The Morgan fingerprint density at radius 1 is 1.13 bits per heavy atom. The number of carbonyl (C=O) groups is 2. The van der Waals surface area contributed by atoms with Crippen LogP contribution in [0.25, 0.3) is 10.8 Å². The molecule has 3 aromatic carbocycles. The molecule has 1 fully saturated rings. The standard InChI is InChI=1S/C29H30N6O4S.C2HF3O2/c1-39-22-8-5-18-6-9-23(16-20(18)15-22)40(37,38)28(25-4-2-3-12-33-25)34-26-11-13-35(29(26)36)17-21-14-19(27(31)32)7-10-24(21)30;3-2(4,5)1(6)7/h2-10,12,14-16,26,28,34H,11,13,17,30H2,1H3,(H3,31,32);(H,6,7)/t26?,28-;/m0./s1. The number of nitrogens with one attached hydrogen (secondary N) is 2. The number of rotatable bonds is 9. The first-order valence-corrected chi connectivity index (χ1v) is 15.5. The fourth-order valence-corrected chi connectivity index (χ4v) is 6.48. The zero-order valence-corrected chi connectivity index (χ0v) is 25.7. The molecule has 16 heteroatoms. The number of hydrogen-bond acceptors (Lipinski definition) is 9. The van der Waals surface area contributed by atoms with Crippen LogP contribution < -0.4 is 21.5 Å². The number of likely N-dealkylation sites (tertiary alicyclic amines) is 1. The van der Waals surface area contributed by atoms with E-state index in [1.165, 1.54) is 6.20 Å². The zero-order chi connectivity index (χ0) is 34.5. The van der Waals surface area contributed by atoms with Crippen molar-refractivity contribution < 1.29 is 41.0 Å². The van der Waals surface area contributed by atoms with Crippen molar-refractivity contribution in [3.05, 3.63) is 95.8 Å². The molecule has 2 heterocycles. The molecule has 1 saturated heterocycles. The number of amides is 1. The number of pyridine rings is 1. The largest absolute Gasteiger partial charge is 0.497 e. The monoisotopic (exact) mass is 672 g/mol. The summed E-state index contributed by atoms with van der Waals surface area (Å²) in [6.45, 7) is 0.627. The number of hydrogen-bond donors (Lipinski definition) is 5. The smallest absolute Gasteiger partial charge is 0.490 e. The van der Waals surface area contributed by atoms with E-state index < -0.39 is 33.4 Å². The highest BCUT2D eigenvalue weighted by molar-refractivity contribution is 7.91. The predicted octanol–water partition coefficient (Wildman–Crippen LogP) is 3.61. The summed E-state index contributed by atoms with van der Waals surface area (Å²) in [6, 6.07) is 19.7. The highest BCUT2D eigenvalue weighted by Gasteiger charge is 2.39. The maximum Gasteiger partial charge on any atom is 0.490 e. The molecule has 0 spiro atoms. The molecule has 0 saturated carbocycles. The van der Waals surface area contributed by atoms with E-state index in [-0.39, 0.29) is 28.9 Å². The van der Waals surface area contributed by atoms with Crippen LogP contribution in [0.3, 0.4) is 0 Å². The third-order valence-electron chi connectivity index (χ3n) is 7.32. The van der Waals surface area contributed by atoms with Gasteiger partial charge >= 0.3 is 12.1 Å². The molecule has 7 N–H and O–H groups in total. The third-order valence-corrected chi connectivity index (χ3v) is 9.23. The average molecular weight is 673 g/mol. The molecule has 5 rings (SSSR count). The van der Waals surface area contributed by atoms with Gasteiger partial charge in [-0.05, 0) is 77.4 Å².